The highest BCUT2D eigenvalue weighted by atomic mass is 16.5. The van der Waals surface area contributed by atoms with E-state index in [0.717, 1.165) is 18.5 Å². The maximum absolute atomic E-state index is 11.9. The van der Waals surface area contributed by atoms with Gasteiger partial charge in [-0.2, -0.15) is 0 Å². The van der Waals surface area contributed by atoms with Crippen LogP contribution in [-0.2, 0) is 6.42 Å². The molecule has 1 aromatic heterocycles. The van der Waals surface area contributed by atoms with Gasteiger partial charge in [-0.15, -0.1) is 6.58 Å². The van der Waals surface area contributed by atoms with E-state index in [9.17, 15) is 4.79 Å². The third-order valence-electron chi connectivity index (χ3n) is 2.59. The van der Waals surface area contributed by atoms with Crippen LogP contribution in [0, 0.1) is 0 Å². The minimum Gasteiger partial charge on any atom is -0.404 e. The molecule has 0 aliphatic carbocycles. The van der Waals surface area contributed by atoms with E-state index < -0.39 is 5.97 Å². The van der Waals surface area contributed by atoms with E-state index >= 15 is 0 Å². The molecule has 2 rings (SSSR count). The lowest BCUT2D eigenvalue weighted by Crippen LogP contribution is -2.09. The Labute approximate surface area is 112 Å². The Kier molecular flexibility index (Phi) is 4.45. The number of pyridine rings is 1. The summed E-state index contributed by atoms with van der Waals surface area (Å²) in [7, 11) is 0. The van der Waals surface area contributed by atoms with Crippen molar-refractivity contribution in [2.24, 2.45) is 0 Å². The summed E-state index contributed by atoms with van der Waals surface area (Å²) < 4.78 is 5.25. The van der Waals surface area contributed by atoms with Crippen LogP contribution in [0.4, 0.5) is 0 Å². The van der Waals surface area contributed by atoms with Gasteiger partial charge < -0.3 is 4.74 Å². The molecule has 2 aromatic rings. The second-order valence-corrected chi connectivity index (χ2v) is 4.05. The molecule has 3 nitrogen and oxygen atoms in total. The lowest BCUT2D eigenvalue weighted by atomic mass is 10.2. The number of ether oxygens (including phenoxy) is 1. The standard InChI is InChI=1S/C16H15NO2/c1-2-3-10-14-11-7-12-15(17-14)19-16(18)13-8-5-4-6-9-13/h2,4-9,11-12H,1,3,10H2. The predicted octanol–water partition coefficient (Wildman–Crippen LogP) is 3.42. The molecule has 0 bridgehead atoms. The molecule has 3 heteroatoms. The maximum Gasteiger partial charge on any atom is 0.344 e. The van der Waals surface area contributed by atoms with E-state index in [2.05, 4.69) is 11.6 Å². The number of hydrogen-bond acceptors (Lipinski definition) is 3. The number of nitrogens with zero attached hydrogens (tertiary/aromatic N) is 1. The molecule has 0 fully saturated rings. The van der Waals surface area contributed by atoms with Crippen LogP contribution in [-0.4, -0.2) is 11.0 Å². The molecule has 19 heavy (non-hydrogen) atoms. The first-order valence-corrected chi connectivity index (χ1v) is 6.13. The molecule has 0 saturated heterocycles. The highest BCUT2D eigenvalue weighted by molar-refractivity contribution is 5.90. The van der Waals surface area contributed by atoms with Crippen molar-refractivity contribution < 1.29 is 9.53 Å². The number of aromatic nitrogens is 1. The van der Waals surface area contributed by atoms with Crippen molar-refractivity contribution in [2.45, 2.75) is 12.8 Å². The van der Waals surface area contributed by atoms with E-state index in [4.69, 9.17) is 4.74 Å². The molecule has 0 N–H and O–H groups in total. The van der Waals surface area contributed by atoms with Crippen molar-refractivity contribution in [1.29, 1.82) is 0 Å². The van der Waals surface area contributed by atoms with E-state index in [1.807, 2.05) is 24.3 Å². The molecule has 0 amide bonds. The van der Waals surface area contributed by atoms with Gasteiger partial charge in [-0.3, -0.25) is 0 Å². The van der Waals surface area contributed by atoms with Gasteiger partial charge in [0, 0.05) is 11.8 Å². The van der Waals surface area contributed by atoms with Crippen LogP contribution < -0.4 is 4.74 Å². The quantitative estimate of drug-likeness (QED) is 0.605. The van der Waals surface area contributed by atoms with Crippen molar-refractivity contribution in [2.75, 3.05) is 0 Å². The molecule has 0 unspecified atom stereocenters. The molecule has 0 aliphatic rings. The molecule has 0 radical (unpaired) electrons. The summed E-state index contributed by atoms with van der Waals surface area (Å²) in [5.41, 5.74) is 1.40. The second-order valence-electron chi connectivity index (χ2n) is 4.05. The normalized spacial score (nSPS) is 9.89. The Morgan fingerprint density at radius 3 is 2.68 bits per heavy atom. The topological polar surface area (TPSA) is 39.2 Å². The Morgan fingerprint density at radius 1 is 1.16 bits per heavy atom. The number of rotatable bonds is 5. The SMILES string of the molecule is C=CCCc1cccc(OC(=O)c2ccccc2)n1. The second kappa shape index (κ2) is 6.50. The Morgan fingerprint density at radius 2 is 1.95 bits per heavy atom. The Balaban J connectivity index is 2.06. The fraction of sp³-hybridized carbons (Fsp3) is 0.125. The Bertz CT molecular complexity index is 564. The van der Waals surface area contributed by atoms with Crippen LogP contribution in [0.3, 0.4) is 0 Å². The summed E-state index contributed by atoms with van der Waals surface area (Å²) in [5, 5.41) is 0. The predicted molar refractivity (Wildman–Crippen MR) is 74.2 cm³/mol. The van der Waals surface area contributed by atoms with Gasteiger partial charge in [0.15, 0.2) is 0 Å². The number of carbonyl (C=O) groups is 1. The molecule has 0 atom stereocenters. The minimum atomic E-state index is -0.394. The van der Waals surface area contributed by atoms with Crippen molar-refractivity contribution in [3.63, 3.8) is 0 Å². The molecule has 0 aliphatic heterocycles. The first-order valence-electron chi connectivity index (χ1n) is 6.13. The van der Waals surface area contributed by atoms with Gasteiger partial charge in [0.1, 0.15) is 0 Å². The number of carbonyl (C=O) groups excluding carboxylic acids is 1. The highest BCUT2D eigenvalue weighted by Crippen LogP contribution is 2.11. The van der Waals surface area contributed by atoms with Gasteiger partial charge in [-0.05, 0) is 31.0 Å². The monoisotopic (exact) mass is 253 g/mol. The van der Waals surface area contributed by atoms with Crippen LogP contribution in [0.5, 0.6) is 5.88 Å². The lowest BCUT2D eigenvalue weighted by molar-refractivity contribution is 0.0727. The number of allylic oxidation sites excluding steroid dienone is 1. The fourth-order valence-electron chi connectivity index (χ4n) is 1.63. The van der Waals surface area contributed by atoms with Crippen LogP contribution in [0.2, 0.25) is 0 Å². The van der Waals surface area contributed by atoms with Gasteiger partial charge >= 0.3 is 5.97 Å². The molecule has 1 aromatic carbocycles. The number of hydrogen-bond donors (Lipinski definition) is 0. The third kappa shape index (κ3) is 3.78. The van der Waals surface area contributed by atoms with Crippen LogP contribution in [0.25, 0.3) is 0 Å². The maximum atomic E-state index is 11.9. The van der Waals surface area contributed by atoms with Crippen molar-refractivity contribution in [1.82, 2.24) is 4.98 Å². The van der Waals surface area contributed by atoms with Crippen molar-refractivity contribution in [3.8, 4) is 5.88 Å². The average Bonchev–Trinajstić information content (AvgIpc) is 2.46. The zero-order chi connectivity index (χ0) is 13.5. The average molecular weight is 253 g/mol. The number of esters is 1. The molecule has 96 valence electrons. The summed E-state index contributed by atoms with van der Waals surface area (Å²) in [4.78, 5) is 16.1. The molecule has 1 heterocycles. The van der Waals surface area contributed by atoms with E-state index in [1.54, 1.807) is 30.3 Å². The van der Waals surface area contributed by atoms with Crippen LogP contribution in [0.1, 0.15) is 22.5 Å². The number of benzene rings is 1. The summed E-state index contributed by atoms with van der Waals surface area (Å²) in [6, 6.07) is 14.3. The molecule has 0 spiro atoms. The van der Waals surface area contributed by atoms with E-state index in [0.29, 0.717) is 11.4 Å². The summed E-state index contributed by atoms with van der Waals surface area (Å²) >= 11 is 0. The smallest absolute Gasteiger partial charge is 0.344 e. The lowest BCUT2D eigenvalue weighted by Gasteiger charge is -2.05. The van der Waals surface area contributed by atoms with Gasteiger partial charge in [0.05, 0.1) is 5.56 Å². The van der Waals surface area contributed by atoms with Crippen LogP contribution >= 0.6 is 0 Å². The first kappa shape index (κ1) is 13.0. The van der Waals surface area contributed by atoms with Gasteiger partial charge in [0.2, 0.25) is 5.88 Å². The fourth-order valence-corrected chi connectivity index (χ4v) is 1.63. The Hall–Kier alpha value is -2.42. The highest BCUT2D eigenvalue weighted by Gasteiger charge is 2.08. The van der Waals surface area contributed by atoms with Crippen molar-refractivity contribution in [3.05, 3.63) is 72.4 Å². The molecule has 0 saturated carbocycles. The van der Waals surface area contributed by atoms with Gasteiger partial charge in [-0.1, -0.05) is 30.3 Å². The zero-order valence-electron chi connectivity index (χ0n) is 10.6. The summed E-state index contributed by atoms with van der Waals surface area (Å²) in [6.45, 7) is 3.67. The summed E-state index contributed by atoms with van der Waals surface area (Å²) in [5.74, 6) is -0.0654. The van der Waals surface area contributed by atoms with Gasteiger partial charge in [-0.25, -0.2) is 9.78 Å². The molecular formula is C16H15NO2. The largest absolute Gasteiger partial charge is 0.404 e. The van der Waals surface area contributed by atoms with Gasteiger partial charge in [0.25, 0.3) is 0 Å². The van der Waals surface area contributed by atoms with E-state index in [-0.39, 0.29) is 0 Å². The van der Waals surface area contributed by atoms with Crippen LogP contribution in [0.15, 0.2) is 61.2 Å². The number of aryl methyl sites for hydroxylation is 1. The zero-order valence-corrected chi connectivity index (χ0v) is 10.6. The van der Waals surface area contributed by atoms with Crippen molar-refractivity contribution >= 4 is 5.97 Å². The molecular weight excluding hydrogens is 238 g/mol. The first-order chi connectivity index (χ1) is 9.29. The van der Waals surface area contributed by atoms with E-state index in [1.165, 1.54) is 0 Å². The minimum absolute atomic E-state index is 0.329. The summed E-state index contributed by atoms with van der Waals surface area (Å²) in [6.07, 6.45) is 3.48. The third-order valence-corrected chi connectivity index (χ3v) is 2.59.